The zero-order valence-corrected chi connectivity index (χ0v) is 13.2. The van der Waals surface area contributed by atoms with Crippen LogP contribution in [0.15, 0.2) is 24.3 Å². The molecule has 1 aromatic rings. The summed E-state index contributed by atoms with van der Waals surface area (Å²) in [4.78, 5) is 2.02. The number of hydrogen-bond acceptors (Lipinski definition) is 3. The highest BCUT2D eigenvalue weighted by Gasteiger charge is 2.21. The smallest absolute Gasteiger partial charge is 0.199 e. The van der Waals surface area contributed by atoms with Crippen molar-refractivity contribution in [1.82, 2.24) is 10.2 Å². The van der Waals surface area contributed by atoms with Crippen LogP contribution in [0.1, 0.15) is 31.7 Å². The topological polar surface area (TPSA) is 101 Å². The van der Waals surface area contributed by atoms with Crippen molar-refractivity contribution in [3.05, 3.63) is 29.8 Å². The molecule has 6 heteroatoms. The Kier molecular flexibility index (Phi) is 5.77. The SMILES string of the molecule is CC1CCCCN1C(=N)NC(=N)Nc1ccc(CCN)cc1. The van der Waals surface area contributed by atoms with Crippen molar-refractivity contribution in [3.8, 4) is 0 Å². The van der Waals surface area contributed by atoms with Crippen molar-refractivity contribution in [3.63, 3.8) is 0 Å². The van der Waals surface area contributed by atoms with Crippen molar-refractivity contribution >= 4 is 17.6 Å². The fourth-order valence-corrected chi connectivity index (χ4v) is 2.72. The van der Waals surface area contributed by atoms with Crippen molar-refractivity contribution in [1.29, 1.82) is 10.8 Å². The maximum atomic E-state index is 8.12. The van der Waals surface area contributed by atoms with E-state index < -0.39 is 0 Å². The molecule has 0 aliphatic carbocycles. The number of nitrogens with one attached hydrogen (secondary N) is 4. The van der Waals surface area contributed by atoms with Crippen LogP contribution in [0.4, 0.5) is 5.69 Å². The van der Waals surface area contributed by atoms with E-state index in [1.54, 1.807) is 0 Å². The van der Waals surface area contributed by atoms with Crippen LogP contribution in [0.5, 0.6) is 0 Å². The second-order valence-electron chi connectivity index (χ2n) is 5.75. The molecular formula is C16H26N6. The highest BCUT2D eigenvalue weighted by molar-refractivity contribution is 6.02. The largest absolute Gasteiger partial charge is 0.340 e. The lowest BCUT2D eigenvalue weighted by Gasteiger charge is -2.35. The minimum atomic E-state index is 0.120. The molecule has 1 atom stereocenters. The van der Waals surface area contributed by atoms with Gasteiger partial charge < -0.3 is 16.0 Å². The highest BCUT2D eigenvalue weighted by Crippen LogP contribution is 2.16. The van der Waals surface area contributed by atoms with Gasteiger partial charge in [-0.2, -0.15) is 0 Å². The normalized spacial score (nSPS) is 17.9. The minimum Gasteiger partial charge on any atom is -0.340 e. The van der Waals surface area contributed by atoms with E-state index in [0.29, 0.717) is 18.5 Å². The first-order valence-corrected chi connectivity index (χ1v) is 7.87. The maximum Gasteiger partial charge on any atom is 0.199 e. The Morgan fingerprint density at radius 1 is 1.27 bits per heavy atom. The summed E-state index contributed by atoms with van der Waals surface area (Å²) in [5, 5.41) is 21.9. The van der Waals surface area contributed by atoms with Crippen LogP contribution in [-0.2, 0) is 6.42 Å². The van der Waals surface area contributed by atoms with Crippen LogP contribution in [0.3, 0.4) is 0 Å². The minimum absolute atomic E-state index is 0.120. The molecule has 1 fully saturated rings. The predicted molar refractivity (Wildman–Crippen MR) is 91.4 cm³/mol. The molecule has 0 spiro atoms. The second-order valence-corrected chi connectivity index (χ2v) is 5.75. The average Bonchev–Trinajstić information content (AvgIpc) is 2.50. The molecule has 1 aliphatic rings. The Morgan fingerprint density at radius 2 is 2.00 bits per heavy atom. The highest BCUT2D eigenvalue weighted by atomic mass is 15.3. The van der Waals surface area contributed by atoms with Gasteiger partial charge >= 0.3 is 0 Å². The number of guanidine groups is 2. The molecule has 2 rings (SSSR count). The van der Waals surface area contributed by atoms with Gasteiger partial charge in [-0.15, -0.1) is 0 Å². The molecule has 6 nitrogen and oxygen atoms in total. The third-order valence-corrected chi connectivity index (χ3v) is 3.99. The Balaban J connectivity index is 1.85. The number of piperidine rings is 1. The first kappa shape index (κ1) is 16.3. The summed E-state index contributed by atoms with van der Waals surface area (Å²) in [5.74, 6) is 0.416. The lowest BCUT2D eigenvalue weighted by Crippen LogP contribution is -2.50. The van der Waals surface area contributed by atoms with Crippen LogP contribution in [0.2, 0.25) is 0 Å². The predicted octanol–water partition coefficient (Wildman–Crippen LogP) is 1.93. The number of rotatable bonds is 3. The van der Waals surface area contributed by atoms with Crippen molar-refractivity contribution in [2.75, 3.05) is 18.4 Å². The zero-order valence-electron chi connectivity index (χ0n) is 13.2. The molecule has 1 aromatic carbocycles. The van der Waals surface area contributed by atoms with Crippen LogP contribution in [-0.4, -0.2) is 36.0 Å². The van der Waals surface area contributed by atoms with Crippen molar-refractivity contribution in [2.24, 2.45) is 5.73 Å². The Morgan fingerprint density at radius 3 is 2.64 bits per heavy atom. The van der Waals surface area contributed by atoms with Gasteiger partial charge in [0.15, 0.2) is 11.9 Å². The van der Waals surface area contributed by atoms with Gasteiger partial charge in [0.2, 0.25) is 0 Å². The van der Waals surface area contributed by atoms with Crippen molar-refractivity contribution in [2.45, 2.75) is 38.6 Å². The summed E-state index contributed by atoms with van der Waals surface area (Å²) < 4.78 is 0. The van der Waals surface area contributed by atoms with Gasteiger partial charge in [0.1, 0.15) is 0 Å². The fraction of sp³-hybridized carbons (Fsp3) is 0.500. The third kappa shape index (κ3) is 4.46. The van der Waals surface area contributed by atoms with Crippen LogP contribution in [0, 0.1) is 10.8 Å². The molecule has 1 unspecified atom stereocenters. The van der Waals surface area contributed by atoms with Gasteiger partial charge in [0.25, 0.3) is 0 Å². The number of nitrogens with two attached hydrogens (primary N) is 1. The number of nitrogens with zero attached hydrogens (tertiary/aromatic N) is 1. The molecule has 0 radical (unpaired) electrons. The first-order chi connectivity index (χ1) is 10.6. The van der Waals surface area contributed by atoms with E-state index in [1.165, 1.54) is 12.0 Å². The van der Waals surface area contributed by atoms with E-state index >= 15 is 0 Å². The van der Waals surface area contributed by atoms with Crippen LogP contribution < -0.4 is 16.4 Å². The van der Waals surface area contributed by atoms with Gasteiger partial charge in [-0.25, -0.2) is 0 Å². The number of benzene rings is 1. The molecule has 0 aromatic heterocycles. The molecule has 120 valence electrons. The molecule has 1 heterocycles. The molecular weight excluding hydrogens is 276 g/mol. The summed E-state index contributed by atoms with van der Waals surface area (Å²) in [7, 11) is 0. The summed E-state index contributed by atoms with van der Waals surface area (Å²) in [5.41, 5.74) is 7.54. The average molecular weight is 302 g/mol. The zero-order chi connectivity index (χ0) is 15.9. The van der Waals surface area contributed by atoms with Gasteiger partial charge in [-0.05, 0) is 56.8 Å². The molecule has 6 N–H and O–H groups in total. The second kappa shape index (κ2) is 7.79. The van der Waals surface area contributed by atoms with Crippen LogP contribution >= 0.6 is 0 Å². The van der Waals surface area contributed by atoms with E-state index in [-0.39, 0.29) is 5.96 Å². The first-order valence-electron chi connectivity index (χ1n) is 7.87. The molecule has 0 amide bonds. The van der Waals surface area contributed by atoms with Crippen LogP contribution in [0.25, 0.3) is 0 Å². The number of anilines is 1. The van der Waals surface area contributed by atoms with Gasteiger partial charge in [-0.3, -0.25) is 16.1 Å². The molecule has 1 saturated heterocycles. The van der Waals surface area contributed by atoms with E-state index in [2.05, 4.69) is 17.6 Å². The number of hydrogen-bond donors (Lipinski definition) is 5. The van der Waals surface area contributed by atoms with E-state index in [0.717, 1.165) is 31.5 Å². The van der Waals surface area contributed by atoms with Gasteiger partial charge in [0, 0.05) is 18.3 Å². The van der Waals surface area contributed by atoms with Crippen molar-refractivity contribution < 1.29 is 0 Å². The summed E-state index contributed by atoms with van der Waals surface area (Å²) >= 11 is 0. The summed E-state index contributed by atoms with van der Waals surface area (Å²) in [6, 6.07) is 8.21. The quantitative estimate of drug-likeness (QED) is 0.435. The Hall–Kier alpha value is -2.08. The maximum absolute atomic E-state index is 8.12. The van der Waals surface area contributed by atoms with Gasteiger partial charge in [-0.1, -0.05) is 12.1 Å². The monoisotopic (exact) mass is 302 g/mol. The third-order valence-electron chi connectivity index (χ3n) is 3.99. The summed E-state index contributed by atoms with van der Waals surface area (Å²) in [6.07, 6.45) is 4.29. The standard InChI is InChI=1S/C16H26N6/c1-12-4-2-3-11-22(12)16(19)21-15(18)20-14-7-5-13(6-8-14)9-10-17/h5-8,12H,2-4,9-11,17H2,1H3,(H4,18,19,20,21). The lowest BCUT2D eigenvalue weighted by atomic mass is 10.0. The van der Waals surface area contributed by atoms with E-state index in [1.807, 2.05) is 29.2 Å². The Bertz CT molecular complexity index is 510. The molecule has 22 heavy (non-hydrogen) atoms. The van der Waals surface area contributed by atoms with Gasteiger partial charge in [0.05, 0.1) is 0 Å². The number of likely N-dealkylation sites (tertiary alicyclic amines) is 1. The molecule has 1 aliphatic heterocycles. The fourth-order valence-electron chi connectivity index (χ4n) is 2.72. The van der Waals surface area contributed by atoms with E-state index in [9.17, 15) is 0 Å². The molecule has 0 bridgehead atoms. The summed E-state index contributed by atoms with van der Waals surface area (Å²) in [6.45, 7) is 3.64. The lowest BCUT2D eigenvalue weighted by molar-refractivity contribution is 0.252. The Labute approximate surface area is 132 Å². The molecule has 0 saturated carbocycles. The van der Waals surface area contributed by atoms with E-state index in [4.69, 9.17) is 16.6 Å².